The number of aliphatic hydroxyl groups is 3. The summed E-state index contributed by atoms with van der Waals surface area (Å²) in [4.78, 5) is 10.7. The molecule has 1 rings (SSSR count). The van der Waals surface area contributed by atoms with E-state index in [1.807, 2.05) is 0 Å². The highest BCUT2D eigenvalue weighted by Gasteiger charge is 2.38. The lowest BCUT2D eigenvalue weighted by Crippen LogP contribution is -2.53. The van der Waals surface area contributed by atoms with Crippen LogP contribution in [0.5, 0.6) is 0 Å². The lowest BCUT2D eigenvalue weighted by atomic mass is 9.98. The van der Waals surface area contributed by atoms with Gasteiger partial charge in [-0.15, -0.1) is 0 Å². The maximum absolute atomic E-state index is 10.7. The Morgan fingerprint density at radius 2 is 2.15 bits per heavy atom. The number of nitrogens with two attached hydrogens (primary N) is 1. The van der Waals surface area contributed by atoms with Gasteiger partial charge in [0.25, 0.3) is 0 Å². The average molecular weight is 191 g/mol. The molecule has 0 aromatic rings. The van der Waals surface area contributed by atoms with Crippen LogP contribution in [0.4, 0.5) is 0 Å². The van der Waals surface area contributed by atoms with E-state index in [0.717, 1.165) is 0 Å². The van der Waals surface area contributed by atoms with Crippen LogP contribution in [-0.4, -0.2) is 52.2 Å². The van der Waals surface area contributed by atoms with Gasteiger partial charge in [-0.1, -0.05) is 0 Å². The van der Waals surface area contributed by atoms with Crippen LogP contribution in [0.2, 0.25) is 0 Å². The highest BCUT2D eigenvalue weighted by atomic mass is 16.5. The number of carbonyl (C=O) groups is 1. The van der Waals surface area contributed by atoms with Crippen molar-refractivity contribution in [2.75, 3.05) is 6.61 Å². The van der Waals surface area contributed by atoms with Crippen LogP contribution in [0, 0.1) is 0 Å². The average Bonchev–Trinajstić information content (AvgIpc) is 2.09. The highest BCUT2D eigenvalue weighted by molar-refractivity contribution is 5.79. The molecule has 1 aliphatic heterocycles. The van der Waals surface area contributed by atoms with Crippen LogP contribution in [0.25, 0.3) is 0 Å². The molecule has 0 unspecified atom stereocenters. The maximum Gasteiger partial charge on any atom is 0.246 e. The molecule has 1 aliphatic rings. The SMILES string of the molecule is NC(=O)[C@H]1C[C@@H](O)[C@@H](O)[C@@H](CO)O1. The fourth-order valence-electron chi connectivity index (χ4n) is 1.29. The number of aliphatic hydroxyl groups excluding tert-OH is 3. The van der Waals surface area contributed by atoms with Gasteiger partial charge in [0.15, 0.2) is 0 Å². The molecule has 0 aromatic carbocycles. The lowest BCUT2D eigenvalue weighted by molar-refractivity contribution is -0.184. The van der Waals surface area contributed by atoms with Gasteiger partial charge in [0.2, 0.25) is 5.91 Å². The Labute approximate surface area is 74.9 Å². The van der Waals surface area contributed by atoms with Crippen molar-refractivity contribution in [2.45, 2.75) is 30.8 Å². The molecule has 0 saturated carbocycles. The van der Waals surface area contributed by atoms with Gasteiger partial charge in [0.05, 0.1) is 12.7 Å². The first kappa shape index (κ1) is 10.4. The molecule has 6 nitrogen and oxygen atoms in total. The zero-order valence-corrected chi connectivity index (χ0v) is 6.96. The van der Waals surface area contributed by atoms with Gasteiger partial charge in [-0.3, -0.25) is 4.79 Å². The zero-order valence-electron chi connectivity index (χ0n) is 6.96. The number of hydrogen-bond donors (Lipinski definition) is 4. The molecular weight excluding hydrogens is 178 g/mol. The molecule has 13 heavy (non-hydrogen) atoms. The molecule has 1 amide bonds. The first-order valence-electron chi connectivity index (χ1n) is 3.98. The number of carbonyl (C=O) groups excluding carboxylic acids is 1. The third-order valence-electron chi connectivity index (χ3n) is 2.07. The van der Waals surface area contributed by atoms with Crippen LogP contribution in [0.3, 0.4) is 0 Å². The Kier molecular flexibility index (Phi) is 3.21. The van der Waals surface area contributed by atoms with Crippen molar-refractivity contribution >= 4 is 5.91 Å². The second kappa shape index (κ2) is 4.01. The summed E-state index contributed by atoms with van der Waals surface area (Å²) in [5.74, 6) is -0.704. The summed E-state index contributed by atoms with van der Waals surface area (Å²) in [6.45, 7) is -0.456. The zero-order chi connectivity index (χ0) is 10.0. The van der Waals surface area contributed by atoms with E-state index in [2.05, 4.69) is 0 Å². The van der Waals surface area contributed by atoms with Gasteiger partial charge in [-0.25, -0.2) is 0 Å². The molecule has 76 valence electrons. The Bertz CT molecular complexity index is 197. The van der Waals surface area contributed by atoms with Gasteiger partial charge in [0.1, 0.15) is 18.3 Å². The Morgan fingerprint density at radius 3 is 2.62 bits per heavy atom. The van der Waals surface area contributed by atoms with Crippen molar-refractivity contribution in [1.82, 2.24) is 0 Å². The summed E-state index contributed by atoms with van der Waals surface area (Å²) in [6, 6.07) is 0. The van der Waals surface area contributed by atoms with E-state index in [0.29, 0.717) is 0 Å². The van der Waals surface area contributed by atoms with E-state index in [1.165, 1.54) is 0 Å². The summed E-state index contributed by atoms with van der Waals surface area (Å²) in [6.07, 6.45) is -4.16. The predicted molar refractivity (Wildman–Crippen MR) is 41.6 cm³/mol. The van der Waals surface area contributed by atoms with E-state index in [-0.39, 0.29) is 6.42 Å². The van der Waals surface area contributed by atoms with Gasteiger partial charge in [-0.2, -0.15) is 0 Å². The van der Waals surface area contributed by atoms with Gasteiger partial charge >= 0.3 is 0 Å². The highest BCUT2D eigenvalue weighted by Crippen LogP contribution is 2.19. The number of rotatable bonds is 2. The number of ether oxygens (including phenoxy) is 1. The standard InChI is InChI=1S/C7H13NO5/c8-7(12)4-1-3(10)6(11)5(2-9)13-4/h3-6,9-11H,1-2H2,(H2,8,12)/t3-,4-,5-,6-/m1/s1. The molecule has 0 aromatic heterocycles. The van der Waals surface area contributed by atoms with Gasteiger partial charge < -0.3 is 25.8 Å². The largest absolute Gasteiger partial charge is 0.394 e. The number of amides is 1. The van der Waals surface area contributed by atoms with Crippen molar-refractivity contribution < 1.29 is 24.9 Å². The third kappa shape index (κ3) is 2.16. The van der Waals surface area contributed by atoms with Crippen LogP contribution in [-0.2, 0) is 9.53 Å². The van der Waals surface area contributed by atoms with Crippen molar-refractivity contribution in [3.05, 3.63) is 0 Å². The van der Waals surface area contributed by atoms with Crippen molar-refractivity contribution in [2.24, 2.45) is 5.73 Å². The summed E-state index contributed by atoms with van der Waals surface area (Å²) in [7, 11) is 0. The monoisotopic (exact) mass is 191 g/mol. The second-order valence-electron chi connectivity index (χ2n) is 3.04. The molecule has 1 saturated heterocycles. The van der Waals surface area contributed by atoms with E-state index in [9.17, 15) is 15.0 Å². The Hall–Kier alpha value is -0.690. The summed E-state index contributed by atoms with van der Waals surface area (Å²) >= 11 is 0. The van der Waals surface area contributed by atoms with E-state index in [1.54, 1.807) is 0 Å². The smallest absolute Gasteiger partial charge is 0.246 e. The van der Waals surface area contributed by atoms with Crippen LogP contribution in [0.15, 0.2) is 0 Å². The van der Waals surface area contributed by atoms with Crippen molar-refractivity contribution in [3.63, 3.8) is 0 Å². The van der Waals surface area contributed by atoms with E-state index >= 15 is 0 Å². The van der Waals surface area contributed by atoms with Crippen molar-refractivity contribution in [3.8, 4) is 0 Å². The Balaban J connectivity index is 2.63. The minimum Gasteiger partial charge on any atom is -0.394 e. The van der Waals surface area contributed by atoms with Gasteiger partial charge in [-0.05, 0) is 0 Å². The molecular formula is C7H13NO5. The summed E-state index contributed by atoms with van der Waals surface area (Å²) < 4.78 is 4.95. The van der Waals surface area contributed by atoms with Crippen LogP contribution < -0.4 is 5.73 Å². The molecule has 1 heterocycles. The maximum atomic E-state index is 10.7. The van der Waals surface area contributed by atoms with Crippen LogP contribution >= 0.6 is 0 Å². The molecule has 0 aliphatic carbocycles. The molecule has 1 fully saturated rings. The number of hydrogen-bond acceptors (Lipinski definition) is 5. The van der Waals surface area contributed by atoms with Gasteiger partial charge in [0, 0.05) is 6.42 Å². The first-order chi connectivity index (χ1) is 6.06. The van der Waals surface area contributed by atoms with E-state index in [4.69, 9.17) is 15.6 Å². The topological polar surface area (TPSA) is 113 Å². The number of primary amides is 1. The quantitative estimate of drug-likeness (QED) is 0.380. The fraction of sp³-hybridized carbons (Fsp3) is 0.857. The van der Waals surface area contributed by atoms with Crippen LogP contribution in [0.1, 0.15) is 6.42 Å². The molecule has 0 spiro atoms. The molecule has 0 bridgehead atoms. The Morgan fingerprint density at radius 1 is 1.54 bits per heavy atom. The van der Waals surface area contributed by atoms with Crippen molar-refractivity contribution in [1.29, 1.82) is 0 Å². The fourth-order valence-corrected chi connectivity index (χ4v) is 1.29. The lowest BCUT2D eigenvalue weighted by Gasteiger charge is -2.34. The predicted octanol–water partition coefficient (Wildman–Crippen LogP) is -2.66. The molecule has 6 heteroatoms. The molecule has 4 atom stereocenters. The van der Waals surface area contributed by atoms with E-state index < -0.39 is 36.9 Å². The minimum absolute atomic E-state index is 0.0347. The summed E-state index contributed by atoms with van der Waals surface area (Å²) in [5, 5.41) is 27.2. The molecule has 5 N–H and O–H groups in total. The summed E-state index contributed by atoms with van der Waals surface area (Å²) in [5.41, 5.74) is 4.95. The molecule has 0 radical (unpaired) electrons. The third-order valence-corrected chi connectivity index (χ3v) is 2.07. The normalized spacial score (nSPS) is 40.2. The first-order valence-corrected chi connectivity index (χ1v) is 3.98. The minimum atomic E-state index is -1.17. The second-order valence-corrected chi connectivity index (χ2v) is 3.04.